The fourth-order valence-electron chi connectivity index (χ4n) is 2.80. The van der Waals surface area contributed by atoms with Gasteiger partial charge in [-0.2, -0.15) is 0 Å². The third-order valence-electron chi connectivity index (χ3n) is 4.30. The highest BCUT2D eigenvalue weighted by atomic mass is 32.2. The van der Waals surface area contributed by atoms with Gasteiger partial charge in [-0.25, -0.2) is 4.98 Å². The lowest BCUT2D eigenvalue weighted by atomic mass is 10.1. The van der Waals surface area contributed by atoms with Gasteiger partial charge in [-0.05, 0) is 43.7 Å². The minimum Gasteiger partial charge on any atom is -0.360 e. The Balaban J connectivity index is 1.33. The molecule has 0 saturated carbocycles. The summed E-state index contributed by atoms with van der Waals surface area (Å²) in [7, 11) is 0. The third-order valence-corrected chi connectivity index (χ3v) is 7.40. The second kappa shape index (κ2) is 9.55. The number of anilines is 2. The lowest BCUT2D eigenvalue weighted by Crippen LogP contribution is -2.22. The topological polar surface area (TPSA) is 79.8 Å². The minimum atomic E-state index is -0.269. The minimum absolute atomic E-state index is 0.0564. The van der Waals surface area contributed by atoms with Crippen LogP contribution < -0.4 is 10.6 Å². The maximum absolute atomic E-state index is 12.5. The molecule has 0 radical (unpaired) electrons. The van der Waals surface area contributed by atoms with E-state index in [0.717, 1.165) is 38.6 Å². The Morgan fingerprint density at radius 2 is 1.90 bits per heavy atom. The zero-order chi connectivity index (χ0) is 20.9. The summed E-state index contributed by atoms with van der Waals surface area (Å²) in [5, 5.41) is 15.9. The molecule has 154 valence electrons. The molecule has 0 saturated heterocycles. The van der Waals surface area contributed by atoms with E-state index >= 15 is 0 Å². The second-order valence-corrected chi connectivity index (χ2v) is 10.3. The Morgan fingerprint density at radius 1 is 1.10 bits per heavy atom. The van der Waals surface area contributed by atoms with Crippen molar-refractivity contribution in [2.75, 3.05) is 17.2 Å². The molecule has 2 heterocycles. The van der Waals surface area contributed by atoms with Crippen LogP contribution in [-0.4, -0.2) is 32.9 Å². The molecule has 2 aromatic heterocycles. The van der Waals surface area contributed by atoms with Crippen LogP contribution in [0.3, 0.4) is 0 Å². The molecule has 30 heavy (non-hydrogen) atoms. The van der Waals surface area contributed by atoms with Gasteiger partial charge in [-0.15, -0.1) is 21.5 Å². The van der Waals surface area contributed by atoms with Gasteiger partial charge in [0.25, 0.3) is 0 Å². The summed E-state index contributed by atoms with van der Waals surface area (Å²) < 4.78 is 1.98. The molecular formula is C21H21N5OS3. The number of nitrogens with zero attached hydrogens (tertiary/aromatic N) is 3. The van der Waals surface area contributed by atoms with E-state index in [0.29, 0.717) is 0 Å². The zero-order valence-corrected chi connectivity index (χ0v) is 19.0. The van der Waals surface area contributed by atoms with Crippen LogP contribution in [0, 0.1) is 0 Å². The molecule has 2 aromatic carbocycles. The monoisotopic (exact) mass is 455 g/mol. The summed E-state index contributed by atoms with van der Waals surface area (Å²) in [5.41, 5.74) is 2.99. The van der Waals surface area contributed by atoms with E-state index in [1.54, 1.807) is 11.3 Å². The van der Waals surface area contributed by atoms with Crippen molar-refractivity contribution >= 4 is 61.4 Å². The summed E-state index contributed by atoms with van der Waals surface area (Å²) in [5.74, 6) is -0.0564. The average molecular weight is 456 g/mol. The normalized spacial score (nSPS) is 12.1. The average Bonchev–Trinajstić information content (AvgIpc) is 3.35. The molecule has 0 spiro atoms. The van der Waals surface area contributed by atoms with Crippen LogP contribution in [0.15, 0.2) is 52.9 Å². The van der Waals surface area contributed by atoms with Crippen molar-refractivity contribution in [3.63, 3.8) is 0 Å². The largest absolute Gasteiger partial charge is 0.360 e. The first-order chi connectivity index (χ1) is 14.6. The Hall–Kier alpha value is -2.49. The van der Waals surface area contributed by atoms with Crippen LogP contribution in [0.4, 0.5) is 10.8 Å². The van der Waals surface area contributed by atoms with Gasteiger partial charge in [-0.1, -0.05) is 47.4 Å². The summed E-state index contributed by atoms with van der Waals surface area (Å²) in [4.78, 5) is 17.2. The fraction of sp³-hybridized carbons (Fsp3) is 0.238. The van der Waals surface area contributed by atoms with Crippen LogP contribution in [0.25, 0.3) is 10.2 Å². The molecule has 6 nitrogen and oxygen atoms in total. The molecule has 0 fully saturated rings. The molecule has 4 rings (SSSR count). The number of rotatable bonds is 8. The number of para-hydroxylation sites is 1. The maximum Gasteiger partial charge on any atom is 0.237 e. The van der Waals surface area contributed by atoms with Crippen molar-refractivity contribution in [3.8, 4) is 0 Å². The molecule has 1 amide bonds. The summed E-state index contributed by atoms with van der Waals surface area (Å²) >= 11 is 4.59. The van der Waals surface area contributed by atoms with Crippen molar-refractivity contribution in [2.24, 2.45) is 0 Å². The van der Waals surface area contributed by atoms with E-state index in [2.05, 4.69) is 31.9 Å². The molecule has 0 aliphatic carbocycles. The first-order valence-corrected chi connectivity index (χ1v) is 12.1. The van der Waals surface area contributed by atoms with Crippen molar-refractivity contribution in [3.05, 3.63) is 59.1 Å². The van der Waals surface area contributed by atoms with Gasteiger partial charge >= 0.3 is 0 Å². The number of hydrogen-bond donors (Lipinski definition) is 2. The van der Waals surface area contributed by atoms with E-state index in [9.17, 15) is 4.79 Å². The van der Waals surface area contributed by atoms with Crippen molar-refractivity contribution < 1.29 is 4.79 Å². The summed E-state index contributed by atoms with van der Waals surface area (Å²) in [6.45, 7) is 4.68. The standard InChI is InChI=1S/C21H21N5OS3/c1-3-22-20-25-26-21(30-20)28-13(2)19(27)23-15-10-8-14(9-11-15)12-18-24-16-6-4-5-7-17(16)29-18/h4-11,13H,3,12H2,1-2H3,(H,22,25)(H,23,27)/t13-/m1/s1. The number of thioether (sulfide) groups is 1. The molecule has 2 N–H and O–H groups in total. The van der Waals surface area contributed by atoms with Crippen molar-refractivity contribution in [2.45, 2.75) is 29.9 Å². The van der Waals surface area contributed by atoms with Crippen LogP contribution in [0.2, 0.25) is 0 Å². The van der Waals surface area contributed by atoms with Gasteiger partial charge in [0.1, 0.15) is 0 Å². The SMILES string of the molecule is CCNc1nnc(S[C@H](C)C(=O)Nc2ccc(Cc3nc4ccccc4s3)cc2)s1. The van der Waals surface area contributed by atoms with E-state index in [4.69, 9.17) is 0 Å². The molecule has 9 heteroatoms. The second-order valence-electron chi connectivity index (χ2n) is 6.60. The molecule has 1 atom stereocenters. The molecule has 4 aromatic rings. The number of fused-ring (bicyclic) bond motifs is 1. The fourth-order valence-corrected chi connectivity index (χ4v) is 5.77. The Bertz CT molecular complexity index is 1110. The van der Waals surface area contributed by atoms with Crippen LogP contribution >= 0.6 is 34.4 Å². The molecular weight excluding hydrogens is 434 g/mol. The van der Waals surface area contributed by atoms with Gasteiger partial charge in [0.15, 0.2) is 4.34 Å². The number of hydrogen-bond acceptors (Lipinski definition) is 8. The predicted octanol–water partition coefficient (Wildman–Crippen LogP) is 5.29. The first kappa shape index (κ1) is 20.8. The lowest BCUT2D eigenvalue weighted by Gasteiger charge is -2.10. The van der Waals surface area contributed by atoms with E-state index in [-0.39, 0.29) is 11.2 Å². The number of benzene rings is 2. The lowest BCUT2D eigenvalue weighted by molar-refractivity contribution is -0.115. The number of nitrogens with one attached hydrogen (secondary N) is 2. The predicted molar refractivity (Wildman–Crippen MR) is 127 cm³/mol. The van der Waals surface area contributed by atoms with Crippen LogP contribution in [-0.2, 0) is 11.2 Å². The van der Waals surface area contributed by atoms with Gasteiger partial charge in [-0.3, -0.25) is 4.79 Å². The highest BCUT2D eigenvalue weighted by molar-refractivity contribution is 8.02. The maximum atomic E-state index is 12.5. The van der Waals surface area contributed by atoms with Crippen LogP contribution in [0.5, 0.6) is 0 Å². The number of amides is 1. The van der Waals surface area contributed by atoms with Gasteiger partial charge in [0.2, 0.25) is 11.0 Å². The molecule has 0 unspecified atom stereocenters. The number of aromatic nitrogens is 3. The highest BCUT2D eigenvalue weighted by Crippen LogP contribution is 2.29. The van der Waals surface area contributed by atoms with E-state index in [1.165, 1.54) is 33.4 Å². The summed E-state index contributed by atoms with van der Waals surface area (Å²) in [6, 6.07) is 16.1. The summed E-state index contributed by atoms with van der Waals surface area (Å²) in [6.07, 6.45) is 0.783. The van der Waals surface area contributed by atoms with Crippen LogP contribution in [0.1, 0.15) is 24.4 Å². The van der Waals surface area contributed by atoms with Crippen molar-refractivity contribution in [1.82, 2.24) is 15.2 Å². The van der Waals surface area contributed by atoms with E-state index in [1.807, 2.05) is 56.3 Å². The number of thiazole rings is 1. The third kappa shape index (κ3) is 5.16. The molecule has 0 aliphatic rings. The molecule has 0 aliphatic heterocycles. The Morgan fingerprint density at radius 3 is 2.67 bits per heavy atom. The zero-order valence-electron chi connectivity index (χ0n) is 16.6. The van der Waals surface area contributed by atoms with Crippen molar-refractivity contribution in [1.29, 1.82) is 0 Å². The van der Waals surface area contributed by atoms with Gasteiger partial charge in [0.05, 0.1) is 20.5 Å². The van der Waals surface area contributed by atoms with Gasteiger partial charge < -0.3 is 10.6 Å². The number of carbonyl (C=O) groups excluding carboxylic acids is 1. The quantitative estimate of drug-likeness (QED) is 0.352. The smallest absolute Gasteiger partial charge is 0.237 e. The highest BCUT2D eigenvalue weighted by Gasteiger charge is 2.17. The first-order valence-electron chi connectivity index (χ1n) is 9.59. The molecule has 0 bridgehead atoms. The number of carbonyl (C=O) groups is 1. The van der Waals surface area contributed by atoms with E-state index < -0.39 is 0 Å². The Labute approximate surface area is 187 Å². The Kier molecular flexibility index (Phi) is 6.61. The van der Waals surface area contributed by atoms with Gasteiger partial charge in [0, 0.05) is 18.7 Å².